The van der Waals surface area contributed by atoms with Crippen molar-refractivity contribution in [3.05, 3.63) is 82.7 Å². The molecule has 0 radical (unpaired) electrons. The Kier molecular flexibility index (Phi) is 13.2. The molecule has 3 N–H and O–H groups in total. The average molecular weight is 789 g/mol. The molecular formula is C42H50F2N6O7. The van der Waals surface area contributed by atoms with Crippen LogP contribution in [0.25, 0.3) is 10.9 Å². The second kappa shape index (κ2) is 18.2. The number of alkyl halides is 2. The molecule has 2 fully saturated rings. The Labute approximate surface area is 330 Å². The summed E-state index contributed by atoms with van der Waals surface area (Å²) in [5.41, 5.74) is 2.76. The van der Waals surface area contributed by atoms with Crippen molar-refractivity contribution in [2.45, 2.75) is 63.8 Å². The van der Waals surface area contributed by atoms with E-state index >= 15 is 0 Å². The Balaban J connectivity index is 1.02. The van der Waals surface area contributed by atoms with Crippen molar-refractivity contribution < 1.29 is 42.5 Å². The number of aryl methyl sites for hydroxylation is 2. The smallest absolute Gasteiger partial charge is 0.295 e. The van der Waals surface area contributed by atoms with E-state index in [-0.39, 0.29) is 35.8 Å². The minimum atomic E-state index is -3.35. The molecule has 304 valence electrons. The lowest BCUT2D eigenvalue weighted by Gasteiger charge is -2.34. The Bertz CT molecular complexity index is 2070. The van der Waals surface area contributed by atoms with Crippen LogP contribution in [0.15, 0.2) is 54.6 Å². The zero-order chi connectivity index (χ0) is 40.7. The molecule has 0 aliphatic carbocycles. The molecule has 13 nitrogen and oxygen atoms in total. The topological polar surface area (TPSA) is 155 Å². The van der Waals surface area contributed by atoms with Gasteiger partial charge in [0.05, 0.1) is 25.7 Å². The number of carbonyl (C=O) groups is 3. The summed E-state index contributed by atoms with van der Waals surface area (Å²) in [6.07, 6.45) is 3.17. The summed E-state index contributed by atoms with van der Waals surface area (Å²) in [6.45, 7) is 5.86. The second-order valence-corrected chi connectivity index (χ2v) is 14.5. The molecule has 2 atom stereocenters. The highest BCUT2D eigenvalue weighted by Gasteiger charge is 2.31. The van der Waals surface area contributed by atoms with Gasteiger partial charge in [0.2, 0.25) is 11.8 Å². The molecule has 3 heterocycles. The van der Waals surface area contributed by atoms with E-state index in [1.807, 2.05) is 17.9 Å². The van der Waals surface area contributed by atoms with Crippen LogP contribution in [0.3, 0.4) is 0 Å². The van der Waals surface area contributed by atoms with Crippen LogP contribution >= 0.6 is 0 Å². The molecule has 2 aliphatic rings. The Morgan fingerprint density at radius 1 is 1.04 bits per heavy atom. The van der Waals surface area contributed by atoms with Gasteiger partial charge >= 0.3 is 0 Å². The summed E-state index contributed by atoms with van der Waals surface area (Å²) in [7, 11) is 3.17. The highest BCUT2D eigenvalue weighted by Crippen LogP contribution is 2.40. The van der Waals surface area contributed by atoms with E-state index in [1.54, 1.807) is 57.5 Å². The molecule has 3 amide bonds. The summed E-state index contributed by atoms with van der Waals surface area (Å²) >= 11 is 0. The zero-order valence-corrected chi connectivity index (χ0v) is 32.8. The Morgan fingerprint density at radius 2 is 1.79 bits per heavy atom. The van der Waals surface area contributed by atoms with Crippen LogP contribution in [0.5, 0.6) is 17.2 Å². The van der Waals surface area contributed by atoms with Gasteiger partial charge in [-0.1, -0.05) is 30.3 Å². The first-order valence-corrected chi connectivity index (χ1v) is 19.2. The predicted molar refractivity (Wildman–Crippen MR) is 210 cm³/mol. The van der Waals surface area contributed by atoms with E-state index in [0.717, 1.165) is 49.1 Å². The van der Waals surface area contributed by atoms with Crippen LogP contribution in [0.2, 0.25) is 0 Å². The van der Waals surface area contributed by atoms with Crippen molar-refractivity contribution in [3.8, 4) is 17.2 Å². The maximum atomic E-state index is 14.3. The maximum Gasteiger partial charge on any atom is 0.295 e. The molecule has 2 saturated heterocycles. The van der Waals surface area contributed by atoms with Gasteiger partial charge in [0, 0.05) is 55.2 Å². The number of rotatable bonds is 16. The molecule has 2 aliphatic heterocycles. The number of ether oxygens (including phenoxy) is 3. The number of fused-ring (bicyclic) bond motifs is 1. The number of halogens is 2. The number of nitrogens with zero attached hydrogens (tertiary/aromatic N) is 4. The molecule has 4 aromatic rings. The van der Waals surface area contributed by atoms with E-state index in [9.17, 15) is 28.3 Å². The fourth-order valence-corrected chi connectivity index (χ4v) is 7.44. The van der Waals surface area contributed by atoms with Gasteiger partial charge in [0.1, 0.15) is 24.0 Å². The predicted octanol–water partition coefficient (Wildman–Crippen LogP) is 5.28. The van der Waals surface area contributed by atoms with E-state index in [2.05, 4.69) is 20.5 Å². The van der Waals surface area contributed by atoms with Crippen LogP contribution in [-0.2, 0) is 26.7 Å². The highest BCUT2D eigenvalue weighted by atomic mass is 19.3. The lowest BCUT2D eigenvalue weighted by molar-refractivity contribution is -0.135. The SMILES string of the molecule is COc1cc2c(N[C@H](C)c3cccc(C(F)(F)CO)c3)nc(C)nc2c(CCCCN2CCN(C(=O)COc3ccc(C4CCC(=O)NC4=O)cc3)CC2)c1OC. The summed E-state index contributed by atoms with van der Waals surface area (Å²) in [6, 6.07) is 14.5. The Hall–Kier alpha value is -5.41. The van der Waals surface area contributed by atoms with E-state index in [4.69, 9.17) is 19.2 Å². The molecule has 1 aromatic heterocycles. The molecule has 0 spiro atoms. The number of unbranched alkanes of at least 4 members (excludes halogenated alkanes) is 1. The van der Waals surface area contributed by atoms with Crippen LogP contribution in [-0.4, -0.2) is 103 Å². The number of hydrogen-bond donors (Lipinski definition) is 3. The highest BCUT2D eigenvalue weighted by molar-refractivity contribution is 6.01. The third-order valence-electron chi connectivity index (χ3n) is 10.7. The van der Waals surface area contributed by atoms with Crippen molar-refractivity contribution in [2.24, 2.45) is 0 Å². The molecular weight excluding hydrogens is 738 g/mol. The first-order chi connectivity index (χ1) is 27.4. The molecule has 1 unspecified atom stereocenters. The van der Waals surface area contributed by atoms with Crippen LogP contribution in [0.1, 0.15) is 72.6 Å². The average Bonchev–Trinajstić information content (AvgIpc) is 3.21. The second-order valence-electron chi connectivity index (χ2n) is 14.5. The van der Waals surface area contributed by atoms with Crippen LogP contribution in [0.4, 0.5) is 14.6 Å². The minimum absolute atomic E-state index is 0.0794. The van der Waals surface area contributed by atoms with Crippen molar-refractivity contribution in [3.63, 3.8) is 0 Å². The number of aliphatic hydroxyl groups is 1. The van der Waals surface area contributed by atoms with E-state index in [1.165, 1.54) is 12.1 Å². The molecule has 57 heavy (non-hydrogen) atoms. The zero-order valence-electron chi connectivity index (χ0n) is 32.8. The number of anilines is 1. The third kappa shape index (κ3) is 9.77. The fraction of sp³-hybridized carbons (Fsp3) is 0.452. The molecule has 0 saturated carbocycles. The van der Waals surface area contributed by atoms with Crippen molar-refractivity contribution in [2.75, 3.05) is 65.5 Å². The van der Waals surface area contributed by atoms with Gasteiger partial charge in [-0.05, 0) is 81.5 Å². The molecule has 15 heteroatoms. The standard InChI is InChI=1S/C42H50F2N6O7/c1-26(29-8-7-9-30(22-29)42(43,44)25-51)45-40-34-23-35(55-3)39(56-4)33(38(34)46-27(2)47-40)10-5-6-17-49-18-20-50(21-19-49)37(53)24-57-31-13-11-28(12-14-31)32-15-16-36(52)48-41(32)54/h7-9,11-14,22-23,26,32,51H,5-6,10,15-21,24-25H2,1-4H3,(H,45,46,47)(H,48,52,54)/t26-,32?/m1/s1. The van der Waals surface area contributed by atoms with Gasteiger partial charge in [-0.3, -0.25) is 24.6 Å². The van der Waals surface area contributed by atoms with Gasteiger partial charge in [-0.15, -0.1) is 0 Å². The largest absolute Gasteiger partial charge is 0.493 e. The van der Waals surface area contributed by atoms with Crippen molar-refractivity contribution in [1.29, 1.82) is 0 Å². The number of hydrogen-bond acceptors (Lipinski definition) is 11. The monoisotopic (exact) mass is 788 g/mol. The molecule has 0 bridgehead atoms. The summed E-state index contributed by atoms with van der Waals surface area (Å²) in [4.78, 5) is 50.3. The summed E-state index contributed by atoms with van der Waals surface area (Å²) < 4.78 is 45.9. The molecule has 3 aromatic carbocycles. The van der Waals surface area contributed by atoms with Crippen LogP contribution in [0, 0.1) is 6.92 Å². The number of amides is 3. The number of methoxy groups -OCH3 is 2. The third-order valence-corrected chi connectivity index (χ3v) is 10.7. The number of aromatic nitrogens is 2. The van der Waals surface area contributed by atoms with Gasteiger partial charge in [0.25, 0.3) is 11.8 Å². The fourth-order valence-electron chi connectivity index (χ4n) is 7.44. The van der Waals surface area contributed by atoms with Gasteiger partial charge in [-0.25, -0.2) is 9.97 Å². The van der Waals surface area contributed by atoms with Gasteiger partial charge in [0.15, 0.2) is 18.1 Å². The van der Waals surface area contributed by atoms with E-state index < -0.39 is 18.6 Å². The number of aliphatic hydroxyl groups excluding tert-OH is 1. The molecule has 6 rings (SSSR count). The lowest BCUT2D eigenvalue weighted by Crippen LogP contribution is -2.50. The van der Waals surface area contributed by atoms with Gasteiger partial charge < -0.3 is 29.5 Å². The van der Waals surface area contributed by atoms with Crippen molar-refractivity contribution in [1.82, 2.24) is 25.1 Å². The number of benzene rings is 3. The number of piperazine rings is 1. The first kappa shape index (κ1) is 41.2. The Morgan fingerprint density at radius 3 is 2.47 bits per heavy atom. The lowest BCUT2D eigenvalue weighted by atomic mass is 9.90. The van der Waals surface area contributed by atoms with Gasteiger partial charge in [-0.2, -0.15) is 8.78 Å². The minimum Gasteiger partial charge on any atom is -0.493 e. The summed E-state index contributed by atoms with van der Waals surface area (Å²) in [5.74, 6) is -1.62. The normalized spacial score (nSPS) is 17.0. The van der Waals surface area contributed by atoms with Crippen LogP contribution < -0.4 is 24.8 Å². The van der Waals surface area contributed by atoms with E-state index in [0.29, 0.717) is 72.2 Å². The first-order valence-electron chi connectivity index (χ1n) is 19.2. The number of piperidine rings is 1. The summed E-state index contributed by atoms with van der Waals surface area (Å²) in [5, 5.41) is 15.7. The maximum absolute atomic E-state index is 14.3. The number of carbonyl (C=O) groups excluding carboxylic acids is 3. The quantitative estimate of drug-likeness (QED) is 0.100. The van der Waals surface area contributed by atoms with Crippen molar-refractivity contribution >= 4 is 34.4 Å². The number of nitrogens with one attached hydrogen (secondary N) is 2. The number of imide groups is 1.